The minimum absolute atomic E-state index is 0. The largest absolute Gasteiger partial charge is 0.324 e. The molecule has 0 heterocycles. The summed E-state index contributed by atoms with van der Waals surface area (Å²) in [5, 5.41) is 0.817. The Balaban J connectivity index is 0.000000720. The van der Waals surface area contributed by atoms with Crippen LogP contribution in [0, 0.1) is 0 Å². The molecule has 1 aliphatic rings. The zero-order valence-corrected chi connectivity index (χ0v) is 8.16. The van der Waals surface area contributed by atoms with Gasteiger partial charge >= 0.3 is 0 Å². The van der Waals surface area contributed by atoms with Crippen molar-refractivity contribution in [2.75, 3.05) is 0 Å². The molecule has 66 valence electrons. The Morgan fingerprint density at radius 1 is 1.42 bits per heavy atom. The van der Waals surface area contributed by atoms with Crippen LogP contribution in [0.4, 0.5) is 0 Å². The summed E-state index contributed by atoms with van der Waals surface area (Å²) in [4.78, 5) is 0. The highest BCUT2D eigenvalue weighted by molar-refractivity contribution is 6.30. The molecule has 1 unspecified atom stereocenters. The SMILES string of the molecule is Cl.NC1CCc2cc(Cl)ccc21. The van der Waals surface area contributed by atoms with Crippen LogP contribution in [-0.2, 0) is 6.42 Å². The lowest BCUT2D eigenvalue weighted by Gasteiger charge is -2.03. The van der Waals surface area contributed by atoms with Crippen molar-refractivity contribution in [2.45, 2.75) is 18.9 Å². The molecule has 1 aromatic rings. The molecule has 2 N–H and O–H groups in total. The molecule has 0 saturated heterocycles. The van der Waals surface area contributed by atoms with E-state index in [4.69, 9.17) is 17.3 Å². The van der Waals surface area contributed by atoms with Gasteiger partial charge in [-0.2, -0.15) is 0 Å². The summed E-state index contributed by atoms with van der Waals surface area (Å²) < 4.78 is 0. The zero-order valence-electron chi connectivity index (χ0n) is 6.59. The van der Waals surface area contributed by atoms with E-state index < -0.39 is 0 Å². The summed E-state index contributed by atoms with van der Waals surface area (Å²) in [5.41, 5.74) is 8.45. The molecule has 2 rings (SSSR count). The average molecular weight is 204 g/mol. The first-order valence-corrected chi connectivity index (χ1v) is 4.19. The summed E-state index contributed by atoms with van der Waals surface area (Å²) in [7, 11) is 0. The van der Waals surface area contributed by atoms with Gasteiger partial charge in [-0.05, 0) is 36.1 Å². The fourth-order valence-corrected chi connectivity index (χ4v) is 1.81. The van der Waals surface area contributed by atoms with Gasteiger partial charge in [0.15, 0.2) is 0 Å². The fourth-order valence-electron chi connectivity index (χ4n) is 1.62. The lowest BCUT2D eigenvalue weighted by atomic mass is 10.1. The van der Waals surface area contributed by atoms with E-state index in [1.54, 1.807) is 0 Å². The number of benzene rings is 1. The average Bonchev–Trinajstić information content (AvgIpc) is 2.32. The van der Waals surface area contributed by atoms with Crippen LogP contribution in [0.5, 0.6) is 0 Å². The Morgan fingerprint density at radius 3 is 2.92 bits per heavy atom. The van der Waals surface area contributed by atoms with Crippen molar-refractivity contribution in [1.29, 1.82) is 0 Å². The van der Waals surface area contributed by atoms with Gasteiger partial charge in [0, 0.05) is 11.1 Å². The quantitative estimate of drug-likeness (QED) is 0.690. The fraction of sp³-hybridized carbons (Fsp3) is 0.333. The molecule has 1 nitrogen and oxygen atoms in total. The van der Waals surface area contributed by atoms with Crippen molar-refractivity contribution in [1.82, 2.24) is 0 Å². The van der Waals surface area contributed by atoms with E-state index in [0.29, 0.717) is 0 Å². The number of aryl methyl sites for hydroxylation is 1. The van der Waals surface area contributed by atoms with Gasteiger partial charge in [-0.25, -0.2) is 0 Å². The summed E-state index contributed by atoms with van der Waals surface area (Å²) in [6.07, 6.45) is 2.15. The molecule has 1 aromatic carbocycles. The Labute approximate surface area is 83.3 Å². The van der Waals surface area contributed by atoms with Crippen LogP contribution in [0.15, 0.2) is 18.2 Å². The van der Waals surface area contributed by atoms with Gasteiger partial charge in [-0.3, -0.25) is 0 Å². The second-order valence-electron chi connectivity index (χ2n) is 2.99. The predicted octanol–water partition coefficient (Wildman–Crippen LogP) is 2.71. The standard InChI is InChI=1S/C9H10ClN.ClH/c10-7-2-3-8-6(5-7)1-4-9(8)11;/h2-3,5,9H,1,4,11H2;1H. The summed E-state index contributed by atoms with van der Waals surface area (Å²) >= 11 is 5.83. The number of nitrogens with two attached hydrogens (primary N) is 1. The van der Waals surface area contributed by atoms with Crippen molar-refractivity contribution in [3.05, 3.63) is 34.3 Å². The molecular formula is C9H11Cl2N. The molecule has 0 radical (unpaired) electrons. The summed E-state index contributed by atoms with van der Waals surface area (Å²) in [6.45, 7) is 0. The smallest absolute Gasteiger partial charge is 0.0408 e. The minimum Gasteiger partial charge on any atom is -0.324 e. The van der Waals surface area contributed by atoms with Crippen LogP contribution in [0.3, 0.4) is 0 Å². The van der Waals surface area contributed by atoms with Gasteiger partial charge in [0.05, 0.1) is 0 Å². The minimum atomic E-state index is 0. The second-order valence-corrected chi connectivity index (χ2v) is 3.42. The highest BCUT2D eigenvalue weighted by atomic mass is 35.5. The van der Waals surface area contributed by atoms with Gasteiger partial charge in [0.1, 0.15) is 0 Å². The summed E-state index contributed by atoms with van der Waals surface area (Å²) in [5.74, 6) is 0. The van der Waals surface area contributed by atoms with E-state index in [1.807, 2.05) is 18.2 Å². The monoisotopic (exact) mass is 203 g/mol. The molecule has 0 spiro atoms. The third-order valence-corrected chi connectivity index (χ3v) is 2.46. The molecular weight excluding hydrogens is 193 g/mol. The number of halogens is 2. The van der Waals surface area contributed by atoms with Gasteiger partial charge in [-0.15, -0.1) is 12.4 Å². The first kappa shape index (κ1) is 9.85. The van der Waals surface area contributed by atoms with Crippen LogP contribution in [0.2, 0.25) is 5.02 Å². The third-order valence-electron chi connectivity index (χ3n) is 2.23. The predicted molar refractivity (Wildman–Crippen MR) is 53.9 cm³/mol. The van der Waals surface area contributed by atoms with Crippen LogP contribution < -0.4 is 5.73 Å². The zero-order chi connectivity index (χ0) is 7.84. The molecule has 0 amide bonds. The van der Waals surface area contributed by atoms with Gasteiger partial charge in [0.2, 0.25) is 0 Å². The lowest BCUT2D eigenvalue weighted by molar-refractivity contribution is 0.713. The molecule has 0 saturated carbocycles. The van der Waals surface area contributed by atoms with E-state index in [-0.39, 0.29) is 18.4 Å². The number of hydrogen-bond acceptors (Lipinski definition) is 1. The number of fused-ring (bicyclic) bond motifs is 1. The normalized spacial score (nSPS) is 20.0. The van der Waals surface area contributed by atoms with Crippen molar-refractivity contribution in [2.24, 2.45) is 5.73 Å². The molecule has 1 atom stereocenters. The van der Waals surface area contributed by atoms with Crippen molar-refractivity contribution < 1.29 is 0 Å². The third kappa shape index (κ3) is 1.58. The van der Waals surface area contributed by atoms with Gasteiger partial charge in [0.25, 0.3) is 0 Å². The van der Waals surface area contributed by atoms with Crippen LogP contribution in [0.1, 0.15) is 23.6 Å². The Kier molecular flexibility index (Phi) is 2.99. The highest BCUT2D eigenvalue weighted by Crippen LogP contribution is 2.30. The Hall–Kier alpha value is -0.240. The molecule has 1 aliphatic carbocycles. The maximum Gasteiger partial charge on any atom is 0.0408 e. The molecule has 0 bridgehead atoms. The van der Waals surface area contributed by atoms with Crippen LogP contribution >= 0.6 is 24.0 Å². The van der Waals surface area contributed by atoms with Gasteiger partial charge < -0.3 is 5.73 Å². The first-order valence-electron chi connectivity index (χ1n) is 3.81. The topological polar surface area (TPSA) is 26.0 Å². The van der Waals surface area contributed by atoms with E-state index >= 15 is 0 Å². The van der Waals surface area contributed by atoms with Gasteiger partial charge in [-0.1, -0.05) is 17.7 Å². The maximum absolute atomic E-state index is 5.85. The Morgan fingerprint density at radius 2 is 2.17 bits per heavy atom. The van der Waals surface area contributed by atoms with E-state index in [2.05, 4.69) is 0 Å². The maximum atomic E-state index is 5.85. The Bertz CT molecular complexity index is 286. The van der Waals surface area contributed by atoms with E-state index in [1.165, 1.54) is 11.1 Å². The number of rotatable bonds is 0. The van der Waals surface area contributed by atoms with Crippen LogP contribution in [0.25, 0.3) is 0 Å². The summed E-state index contributed by atoms with van der Waals surface area (Å²) in [6, 6.07) is 6.20. The molecule has 3 heteroatoms. The molecule has 12 heavy (non-hydrogen) atoms. The van der Waals surface area contributed by atoms with Crippen molar-refractivity contribution in [3.63, 3.8) is 0 Å². The number of hydrogen-bond donors (Lipinski definition) is 1. The van der Waals surface area contributed by atoms with E-state index in [9.17, 15) is 0 Å². The second kappa shape index (κ2) is 3.65. The van der Waals surface area contributed by atoms with Crippen molar-refractivity contribution in [3.8, 4) is 0 Å². The highest BCUT2D eigenvalue weighted by Gasteiger charge is 2.18. The van der Waals surface area contributed by atoms with Crippen molar-refractivity contribution >= 4 is 24.0 Å². The molecule has 0 aliphatic heterocycles. The van der Waals surface area contributed by atoms with Crippen LogP contribution in [-0.4, -0.2) is 0 Å². The lowest BCUT2D eigenvalue weighted by Crippen LogP contribution is -2.04. The first-order chi connectivity index (χ1) is 5.27. The molecule has 0 fully saturated rings. The molecule has 0 aromatic heterocycles. The van der Waals surface area contributed by atoms with E-state index in [0.717, 1.165) is 17.9 Å².